The second-order valence-electron chi connectivity index (χ2n) is 3.46. The molecule has 5 heteroatoms. The molecule has 17 heavy (non-hydrogen) atoms. The lowest BCUT2D eigenvalue weighted by Crippen LogP contribution is -2.16. The van der Waals surface area contributed by atoms with E-state index in [-0.39, 0.29) is 12.4 Å². The maximum atomic E-state index is 5.95. The number of pyridine rings is 1. The predicted octanol–water partition coefficient (Wildman–Crippen LogP) is 3.55. The molecule has 0 aliphatic heterocycles. The topological polar surface area (TPSA) is 24.9 Å². The van der Waals surface area contributed by atoms with Crippen molar-refractivity contribution < 1.29 is 0 Å². The van der Waals surface area contributed by atoms with Gasteiger partial charge in [-0.25, -0.2) is 4.98 Å². The lowest BCUT2D eigenvalue weighted by molar-refractivity contribution is 0.689. The lowest BCUT2D eigenvalue weighted by Gasteiger charge is -2.04. The number of hydrogen-bond donors (Lipinski definition) is 1. The molecule has 0 bridgehead atoms. The Balaban J connectivity index is 0.00000144. The van der Waals surface area contributed by atoms with Crippen LogP contribution in [-0.4, -0.2) is 11.5 Å². The van der Waals surface area contributed by atoms with E-state index < -0.39 is 0 Å². The van der Waals surface area contributed by atoms with Gasteiger partial charge in [0.1, 0.15) is 5.15 Å². The lowest BCUT2D eigenvalue weighted by atomic mass is 10.3. The first-order valence-electron chi connectivity index (χ1n) is 5.19. The van der Waals surface area contributed by atoms with Crippen LogP contribution in [0.1, 0.15) is 10.4 Å². The Hall–Kier alpha value is -0.610. The molecule has 2 nitrogen and oxygen atoms in total. The summed E-state index contributed by atoms with van der Waals surface area (Å²) in [4.78, 5) is 5.44. The summed E-state index contributed by atoms with van der Waals surface area (Å²) in [6, 6.07) is 8.14. The van der Waals surface area contributed by atoms with Crippen LogP contribution in [-0.2, 0) is 13.0 Å². The molecule has 2 rings (SSSR count). The summed E-state index contributed by atoms with van der Waals surface area (Å²) in [5.41, 5.74) is 1.05. The molecule has 2 aromatic rings. The van der Waals surface area contributed by atoms with Gasteiger partial charge in [-0.3, -0.25) is 0 Å². The van der Waals surface area contributed by atoms with Crippen molar-refractivity contribution in [2.24, 2.45) is 0 Å². The number of nitrogens with one attached hydrogen (secondary N) is 1. The van der Waals surface area contributed by atoms with Gasteiger partial charge >= 0.3 is 0 Å². The quantitative estimate of drug-likeness (QED) is 0.672. The van der Waals surface area contributed by atoms with Gasteiger partial charge in [0.2, 0.25) is 0 Å². The summed E-state index contributed by atoms with van der Waals surface area (Å²) in [6.07, 6.45) is 2.77. The molecule has 0 atom stereocenters. The van der Waals surface area contributed by atoms with Gasteiger partial charge in [-0.2, -0.15) is 0 Å². The fourth-order valence-electron chi connectivity index (χ4n) is 1.44. The molecule has 0 radical (unpaired) electrons. The molecular weight excluding hydrogens is 275 g/mol. The van der Waals surface area contributed by atoms with Crippen LogP contribution >= 0.6 is 35.3 Å². The van der Waals surface area contributed by atoms with E-state index in [0.29, 0.717) is 5.15 Å². The first-order chi connectivity index (χ1) is 7.86. The van der Waals surface area contributed by atoms with Gasteiger partial charge in [0, 0.05) is 29.7 Å². The van der Waals surface area contributed by atoms with Crippen LogP contribution in [0, 0.1) is 0 Å². The number of halogens is 2. The Labute approximate surface area is 116 Å². The average Bonchev–Trinajstić information content (AvgIpc) is 2.79. The highest BCUT2D eigenvalue weighted by Gasteiger charge is 1.99. The molecule has 0 spiro atoms. The highest BCUT2D eigenvalue weighted by atomic mass is 35.5. The number of hydrogen-bond acceptors (Lipinski definition) is 3. The van der Waals surface area contributed by atoms with E-state index >= 15 is 0 Å². The van der Waals surface area contributed by atoms with E-state index in [4.69, 9.17) is 11.6 Å². The molecule has 0 unspecified atom stereocenters. The van der Waals surface area contributed by atoms with E-state index in [2.05, 4.69) is 27.8 Å². The molecular formula is C12H14Cl2N2S. The van der Waals surface area contributed by atoms with Crippen LogP contribution in [0.3, 0.4) is 0 Å². The van der Waals surface area contributed by atoms with E-state index in [9.17, 15) is 0 Å². The Kier molecular flexibility index (Phi) is 6.52. The highest BCUT2D eigenvalue weighted by molar-refractivity contribution is 7.09. The third kappa shape index (κ3) is 4.64. The Bertz CT molecular complexity index is 432. The van der Waals surface area contributed by atoms with E-state index in [1.54, 1.807) is 17.5 Å². The van der Waals surface area contributed by atoms with Gasteiger partial charge in [-0.05, 0) is 23.9 Å². The second-order valence-corrected chi connectivity index (χ2v) is 4.85. The van der Waals surface area contributed by atoms with Crippen LogP contribution in [0.15, 0.2) is 35.8 Å². The predicted molar refractivity (Wildman–Crippen MR) is 76.2 cm³/mol. The summed E-state index contributed by atoms with van der Waals surface area (Å²) in [6.45, 7) is 1.74. The van der Waals surface area contributed by atoms with Gasteiger partial charge < -0.3 is 5.32 Å². The first kappa shape index (κ1) is 14.5. The third-order valence-corrected chi connectivity index (χ3v) is 3.56. The van der Waals surface area contributed by atoms with Crippen LogP contribution in [0.2, 0.25) is 5.15 Å². The van der Waals surface area contributed by atoms with Gasteiger partial charge in [0.25, 0.3) is 0 Å². The van der Waals surface area contributed by atoms with Gasteiger partial charge in [-0.1, -0.05) is 23.7 Å². The molecule has 0 saturated heterocycles. The minimum atomic E-state index is 0. The SMILES string of the molecule is Cl.Clc1ncccc1CNCCc1cccs1. The number of nitrogens with zero attached hydrogens (tertiary/aromatic N) is 1. The van der Waals surface area contributed by atoms with Crippen molar-refractivity contribution in [2.75, 3.05) is 6.54 Å². The van der Waals surface area contributed by atoms with Crippen LogP contribution in [0.25, 0.3) is 0 Å². The number of aromatic nitrogens is 1. The van der Waals surface area contributed by atoms with Crippen molar-refractivity contribution in [1.29, 1.82) is 0 Å². The summed E-state index contributed by atoms with van der Waals surface area (Å²) in [5, 5.41) is 6.06. The minimum absolute atomic E-state index is 0. The monoisotopic (exact) mass is 288 g/mol. The van der Waals surface area contributed by atoms with Crippen molar-refractivity contribution in [3.05, 3.63) is 51.4 Å². The third-order valence-electron chi connectivity index (χ3n) is 2.28. The highest BCUT2D eigenvalue weighted by Crippen LogP contribution is 2.11. The number of thiophene rings is 1. The van der Waals surface area contributed by atoms with Gasteiger partial charge in [-0.15, -0.1) is 23.7 Å². The smallest absolute Gasteiger partial charge is 0.133 e. The van der Waals surface area contributed by atoms with Gasteiger partial charge in [0.05, 0.1) is 0 Å². The maximum Gasteiger partial charge on any atom is 0.133 e. The molecule has 0 aliphatic carbocycles. The zero-order chi connectivity index (χ0) is 11.2. The summed E-state index contributed by atoms with van der Waals surface area (Å²) < 4.78 is 0. The van der Waals surface area contributed by atoms with Crippen LogP contribution in [0.5, 0.6) is 0 Å². The standard InChI is InChI=1S/C12H13ClN2S.ClH/c13-12-10(3-1-6-15-12)9-14-7-5-11-4-2-8-16-11;/h1-4,6,8,14H,5,7,9H2;1H. The van der Waals surface area contributed by atoms with Crippen LogP contribution < -0.4 is 5.32 Å². The summed E-state index contributed by atoms with van der Waals surface area (Å²) in [7, 11) is 0. The molecule has 2 heterocycles. The molecule has 0 aliphatic rings. The summed E-state index contributed by atoms with van der Waals surface area (Å²) in [5.74, 6) is 0. The first-order valence-corrected chi connectivity index (χ1v) is 6.44. The van der Waals surface area contributed by atoms with Crippen molar-refractivity contribution >= 4 is 35.3 Å². The van der Waals surface area contributed by atoms with E-state index in [1.165, 1.54) is 4.88 Å². The van der Waals surface area contributed by atoms with Crippen molar-refractivity contribution in [2.45, 2.75) is 13.0 Å². The Morgan fingerprint density at radius 1 is 1.29 bits per heavy atom. The zero-order valence-corrected chi connectivity index (χ0v) is 11.6. The minimum Gasteiger partial charge on any atom is -0.312 e. The molecule has 92 valence electrons. The van der Waals surface area contributed by atoms with Crippen molar-refractivity contribution in [3.8, 4) is 0 Å². The molecule has 0 saturated carbocycles. The Morgan fingerprint density at radius 3 is 2.88 bits per heavy atom. The zero-order valence-electron chi connectivity index (χ0n) is 9.23. The summed E-state index contributed by atoms with van der Waals surface area (Å²) >= 11 is 7.75. The maximum absolute atomic E-state index is 5.95. The largest absolute Gasteiger partial charge is 0.312 e. The van der Waals surface area contributed by atoms with Crippen molar-refractivity contribution in [3.63, 3.8) is 0 Å². The normalized spacial score (nSPS) is 9.94. The van der Waals surface area contributed by atoms with Crippen molar-refractivity contribution in [1.82, 2.24) is 10.3 Å². The molecule has 0 fully saturated rings. The van der Waals surface area contributed by atoms with E-state index in [0.717, 1.165) is 25.1 Å². The van der Waals surface area contributed by atoms with Gasteiger partial charge in [0.15, 0.2) is 0 Å². The molecule has 2 aromatic heterocycles. The average molecular weight is 289 g/mol. The van der Waals surface area contributed by atoms with E-state index in [1.807, 2.05) is 12.1 Å². The second kappa shape index (κ2) is 7.67. The fraction of sp³-hybridized carbons (Fsp3) is 0.250. The molecule has 1 N–H and O–H groups in total. The molecule has 0 amide bonds. The van der Waals surface area contributed by atoms with Crippen LogP contribution in [0.4, 0.5) is 0 Å². The Morgan fingerprint density at radius 2 is 2.18 bits per heavy atom. The molecule has 0 aromatic carbocycles. The fourth-order valence-corrected chi connectivity index (χ4v) is 2.34. The number of rotatable bonds is 5.